The molecule has 0 saturated carbocycles. The fourth-order valence-corrected chi connectivity index (χ4v) is 3.45. The van der Waals surface area contributed by atoms with Gasteiger partial charge in [0.05, 0.1) is 11.0 Å². The number of hydrogen-bond donors (Lipinski definition) is 1. The third kappa shape index (κ3) is 5.47. The summed E-state index contributed by atoms with van der Waals surface area (Å²) in [5.41, 5.74) is 1.05. The predicted molar refractivity (Wildman–Crippen MR) is 115 cm³/mol. The summed E-state index contributed by atoms with van der Waals surface area (Å²) in [6, 6.07) is 12.8. The molecule has 0 atom stereocenters. The molecule has 2 aromatic carbocycles. The molecule has 11 heteroatoms. The van der Waals surface area contributed by atoms with E-state index in [-0.39, 0.29) is 24.2 Å². The SMILES string of the molecule is O=C(Nc1ncn(Cc2ccc(F)cc2)n1)c1ccn(COc2ccc(Cl)cc2Br)n1. The fraction of sp³-hybridized carbons (Fsp3) is 0.100. The minimum atomic E-state index is -0.453. The molecule has 0 radical (unpaired) electrons. The number of aromatic nitrogens is 5. The van der Waals surface area contributed by atoms with Crippen LogP contribution in [0.1, 0.15) is 16.1 Å². The van der Waals surface area contributed by atoms with Crippen LogP contribution < -0.4 is 10.1 Å². The second kappa shape index (κ2) is 9.27. The van der Waals surface area contributed by atoms with E-state index in [1.54, 1.807) is 47.3 Å². The van der Waals surface area contributed by atoms with Gasteiger partial charge < -0.3 is 4.74 Å². The lowest BCUT2D eigenvalue weighted by Gasteiger charge is -2.08. The Kier molecular flexibility index (Phi) is 6.28. The van der Waals surface area contributed by atoms with E-state index in [2.05, 4.69) is 36.4 Å². The van der Waals surface area contributed by atoms with Crippen molar-refractivity contribution in [1.82, 2.24) is 24.5 Å². The van der Waals surface area contributed by atoms with Gasteiger partial charge in [0.25, 0.3) is 5.91 Å². The first kappa shape index (κ1) is 21.0. The second-order valence-electron chi connectivity index (χ2n) is 6.43. The molecule has 0 saturated heterocycles. The maximum absolute atomic E-state index is 13.0. The van der Waals surface area contributed by atoms with E-state index in [9.17, 15) is 9.18 Å². The summed E-state index contributed by atoms with van der Waals surface area (Å²) >= 11 is 9.29. The van der Waals surface area contributed by atoms with Crippen LogP contribution in [0.4, 0.5) is 10.3 Å². The number of nitrogens with one attached hydrogen (secondary N) is 1. The van der Waals surface area contributed by atoms with Crippen LogP contribution in [0, 0.1) is 5.82 Å². The van der Waals surface area contributed by atoms with Crippen molar-refractivity contribution in [3.05, 3.63) is 87.6 Å². The lowest BCUT2D eigenvalue weighted by molar-refractivity contribution is 0.101. The molecule has 158 valence electrons. The predicted octanol–water partition coefficient (Wildman–Crippen LogP) is 4.37. The average molecular weight is 506 g/mol. The molecule has 0 aliphatic heterocycles. The third-order valence-electron chi connectivity index (χ3n) is 4.14. The maximum Gasteiger partial charge on any atom is 0.278 e. The molecule has 31 heavy (non-hydrogen) atoms. The molecule has 0 spiro atoms. The molecule has 0 unspecified atom stereocenters. The largest absolute Gasteiger partial charge is 0.470 e. The highest BCUT2D eigenvalue weighted by Gasteiger charge is 2.13. The van der Waals surface area contributed by atoms with Crippen LogP contribution in [0.2, 0.25) is 5.02 Å². The summed E-state index contributed by atoms with van der Waals surface area (Å²) < 4.78 is 22.4. The maximum atomic E-state index is 13.0. The molecule has 4 aromatic rings. The summed E-state index contributed by atoms with van der Waals surface area (Å²) in [6.45, 7) is 0.507. The Labute approximate surface area is 189 Å². The van der Waals surface area contributed by atoms with Gasteiger partial charge in [0.2, 0.25) is 5.95 Å². The number of halogens is 3. The number of carbonyl (C=O) groups excluding carboxylic acids is 1. The highest BCUT2D eigenvalue weighted by molar-refractivity contribution is 9.10. The Hall–Kier alpha value is -3.24. The summed E-state index contributed by atoms with van der Waals surface area (Å²) in [5.74, 6) is -0.0170. The quantitative estimate of drug-likeness (QED) is 0.403. The molecule has 1 N–H and O–H groups in total. The number of carbonyl (C=O) groups is 1. The van der Waals surface area contributed by atoms with Crippen LogP contribution in [0.3, 0.4) is 0 Å². The number of hydrogen-bond acceptors (Lipinski definition) is 5. The van der Waals surface area contributed by atoms with E-state index in [0.29, 0.717) is 21.8 Å². The molecule has 4 rings (SSSR count). The van der Waals surface area contributed by atoms with Crippen molar-refractivity contribution in [1.29, 1.82) is 0 Å². The minimum absolute atomic E-state index is 0.109. The standard InChI is InChI=1S/C20H15BrClFN6O2/c21-16-9-14(22)3-6-18(16)31-12-28-8-7-17(26-28)19(30)25-20-24-11-29(27-20)10-13-1-4-15(23)5-2-13/h1-9,11H,10,12H2,(H,25,27,30). The lowest BCUT2D eigenvalue weighted by atomic mass is 10.2. The highest BCUT2D eigenvalue weighted by Crippen LogP contribution is 2.28. The highest BCUT2D eigenvalue weighted by atomic mass is 79.9. The monoisotopic (exact) mass is 504 g/mol. The molecule has 2 aromatic heterocycles. The van der Waals surface area contributed by atoms with E-state index >= 15 is 0 Å². The van der Waals surface area contributed by atoms with Crippen LogP contribution in [-0.4, -0.2) is 30.5 Å². The van der Waals surface area contributed by atoms with Crippen LogP contribution in [-0.2, 0) is 13.3 Å². The number of anilines is 1. The summed E-state index contributed by atoms with van der Waals surface area (Å²) in [6.07, 6.45) is 3.11. The van der Waals surface area contributed by atoms with Crippen LogP contribution in [0.15, 0.2) is 65.5 Å². The zero-order chi connectivity index (χ0) is 21.8. The molecule has 0 aliphatic rings. The number of benzene rings is 2. The molecule has 0 fully saturated rings. The Morgan fingerprint density at radius 3 is 2.71 bits per heavy atom. The van der Waals surface area contributed by atoms with Crippen LogP contribution in [0.25, 0.3) is 0 Å². The number of amides is 1. The van der Waals surface area contributed by atoms with Gasteiger partial charge in [-0.15, -0.1) is 5.10 Å². The van der Waals surface area contributed by atoms with Crippen molar-refractivity contribution in [3.63, 3.8) is 0 Å². The van der Waals surface area contributed by atoms with Crippen LogP contribution in [0.5, 0.6) is 5.75 Å². The summed E-state index contributed by atoms with van der Waals surface area (Å²) in [5, 5.41) is 11.6. The first-order valence-electron chi connectivity index (χ1n) is 9.03. The van der Waals surface area contributed by atoms with Gasteiger partial charge in [-0.2, -0.15) is 5.10 Å². The normalized spacial score (nSPS) is 10.8. The molecule has 0 bridgehead atoms. The summed E-state index contributed by atoms with van der Waals surface area (Å²) in [4.78, 5) is 16.5. The van der Waals surface area contributed by atoms with Gasteiger partial charge in [-0.3, -0.25) is 10.1 Å². The molecule has 0 aliphatic carbocycles. The zero-order valence-corrected chi connectivity index (χ0v) is 18.2. The van der Waals surface area contributed by atoms with E-state index in [1.807, 2.05) is 0 Å². The van der Waals surface area contributed by atoms with E-state index in [1.165, 1.54) is 23.1 Å². The van der Waals surface area contributed by atoms with Gasteiger partial charge in [-0.25, -0.2) is 18.7 Å². The van der Waals surface area contributed by atoms with Crippen molar-refractivity contribution in [2.75, 3.05) is 5.32 Å². The Balaban J connectivity index is 1.33. The van der Waals surface area contributed by atoms with Gasteiger partial charge >= 0.3 is 0 Å². The molecular weight excluding hydrogens is 491 g/mol. The minimum Gasteiger partial charge on any atom is -0.470 e. The number of rotatable bonds is 7. The van der Waals surface area contributed by atoms with E-state index < -0.39 is 5.91 Å². The molecule has 1 amide bonds. The lowest BCUT2D eigenvalue weighted by Crippen LogP contribution is -2.15. The molecular formula is C20H15BrClFN6O2. The van der Waals surface area contributed by atoms with Crippen molar-refractivity contribution < 1.29 is 13.9 Å². The first-order chi connectivity index (χ1) is 15.0. The summed E-state index contributed by atoms with van der Waals surface area (Å²) in [7, 11) is 0. The van der Waals surface area contributed by atoms with Gasteiger partial charge in [0, 0.05) is 11.2 Å². The van der Waals surface area contributed by atoms with Gasteiger partial charge in [-0.1, -0.05) is 23.7 Å². The molecule has 8 nitrogen and oxygen atoms in total. The fourth-order valence-electron chi connectivity index (χ4n) is 2.65. The Bertz CT molecular complexity index is 1210. The second-order valence-corrected chi connectivity index (χ2v) is 7.73. The van der Waals surface area contributed by atoms with E-state index in [0.717, 1.165) is 5.56 Å². The number of ether oxygens (including phenoxy) is 1. The van der Waals surface area contributed by atoms with Crippen LogP contribution >= 0.6 is 27.5 Å². The topological polar surface area (TPSA) is 86.9 Å². The van der Waals surface area contributed by atoms with Crippen molar-refractivity contribution in [2.24, 2.45) is 0 Å². The smallest absolute Gasteiger partial charge is 0.278 e. The Morgan fingerprint density at radius 2 is 1.94 bits per heavy atom. The first-order valence-corrected chi connectivity index (χ1v) is 10.2. The Morgan fingerprint density at radius 1 is 1.13 bits per heavy atom. The van der Waals surface area contributed by atoms with Crippen molar-refractivity contribution >= 4 is 39.4 Å². The van der Waals surface area contributed by atoms with Gasteiger partial charge in [0.1, 0.15) is 17.9 Å². The van der Waals surface area contributed by atoms with Gasteiger partial charge in [0.15, 0.2) is 12.4 Å². The average Bonchev–Trinajstić information content (AvgIpc) is 3.39. The molecule has 2 heterocycles. The van der Waals surface area contributed by atoms with Crippen molar-refractivity contribution in [3.8, 4) is 5.75 Å². The zero-order valence-electron chi connectivity index (χ0n) is 15.9. The number of nitrogens with zero attached hydrogens (tertiary/aromatic N) is 5. The van der Waals surface area contributed by atoms with Crippen molar-refractivity contribution in [2.45, 2.75) is 13.3 Å². The van der Waals surface area contributed by atoms with E-state index in [4.69, 9.17) is 16.3 Å². The third-order valence-corrected chi connectivity index (χ3v) is 4.99. The van der Waals surface area contributed by atoms with Gasteiger partial charge in [-0.05, 0) is 57.9 Å².